The minimum atomic E-state index is -0.397. The second kappa shape index (κ2) is 5.71. The quantitative estimate of drug-likeness (QED) is 0.837. The predicted octanol–water partition coefficient (Wildman–Crippen LogP) is 2.75. The predicted molar refractivity (Wildman–Crippen MR) is 74.7 cm³/mol. The van der Waals surface area contributed by atoms with Crippen LogP contribution in [-0.2, 0) is 0 Å². The van der Waals surface area contributed by atoms with Gasteiger partial charge in [0.1, 0.15) is 0 Å². The molecule has 1 aromatic carbocycles. The lowest BCUT2D eigenvalue weighted by Gasteiger charge is -2.30. The van der Waals surface area contributed by atoms with E-state index in [-0.39, 0.29) is 6.03 Å². The number of hydrogen-bond acceptors (Lipinski definition) is 2. The van der Waals surface area contributed by atoms with Gasteiger partial charge in [-0.25, -0.2) is 4.79 Å². The normalized spacial score (nSPS) is 19.7. The Morgan fingerprint density at radius 3 is 3.00 bits per heavy atom. The average molecular weight is 313 g/mol. The highest BCUT2D eigenvalue weighted by Crippen LogP contribution is 2.24. The third-order valence-corrected chi connectivity index (χ3v) is 3.71. The van der Waals surface area contributed by atoms with Gasteiger partial charge in [0.05, 0.1) is 11.8 Å². The summed E-state index contributed by atoms with van der Waals surface area (Å²) in [4.78, 5) is 13.7. The number of nitrogens with zero attached hydrogens (tertiary/aromatic N) is 1. The van der Waals surface area contributed by atoms with Crippen molar-refractivity contribution >= 4 is 27.6 Å². The number of carbonyl (C=O) groups excluding carboxylic acids is 1. The number of amides is 2. The molecule has 4 nitrogen and oxygen atoms in total. The summed E-state index contributed by atoms with van der Waals surface area (Å²) in [5.41, 5.74) is 1.89. The molecule has 1 heterocycles. The largest absolute Gasteiger partial charge is 0.391 e. The van der Waals surface area contributed by atoms with Crippen molar-refractivity contribution in [3.8, 4) is 0 Å². The summed E-state index contributed by atoms with van der Waals surface area (Å²) in [6, 6.07) is 5.63. The average Bonchev–Trinajstić information content (AvgIpc) is 2.32. The van der Waals surface area contributed by atoms with Crippen molar-refractivity contribution in [2.24, 2.45) is 0 Å². The van der Waals surface area contributed by atoms with E-state index in [1.165, 1.54) is 0 Å². The zero-order chi connectivity index (χ0) is 13.1. The lowest BCUT2D eigenvalue weighted by molar-refractivity contribution is 0.0883. The van der Waals surface area contributed by atoms with Crippen LogP contribution in [0.4, 0.5) is 10.5 Å². The Hall–Kier alpha value is -1.07. The number of hydrogen-bond donors (Lipinski definition) is 2. The Labute approximate surface area is 115 Å². The lowest BCUT2D eigenvalue weighted by Crippen LogP contribution is -2.44. The fourth-order valence-corrected chi connectivity index (χ4v) is 2.65. The molecule has 1 aromatic rings. The fraction of sp³-hybridized carbons (Fsp3) is 0.462. The fourth-order valence-electron chi connectivity index (χ4n) is 2.05. The molecule has 0 spiro atoms. The summed E-state index contributed by atoms with van der Waals surface area (Å²) in [5, 5.41) is 12.4. The summed E-state index contributed by atoms with van der Waals surface area (Å²) in [5.74, 6) is 0. The first-order chi connectivity index (χ1) is 8.56. The van der Waals surface area contributed by atoms with E-state index in [4.69, 9.17) is 0 Å². The van der Waals surface area contributed by atoms with Gasteiger partial charge >= 0.3 is 6.03 Å². The molecule has 0 bridgehead atoms. The topological polar surface area (TPSA) is 52.6 Å². The molecule has 2 rings (SSSR count). The number of carbonyl (C=O) groups is 1. The van der Waals surface area contributed by atoms with E-state index in [9.17, 15) is 9.90 Å². The number of halogens is 1. The first-order valence-electron chi connectivity index (χ1n) is 6.06. The molecule has 2 N–H and O–H groups in total. The monoisotopic (exact) mass is 312 g/mol. The van der Waals surface area contributed by atoms with Crippen molar-refractivity contribution in [2.75, 3.05) is 18.4 Å². The van der Waals surface area contributed by atoms with Gasteiger partial charge in [0.25, 0.3) is 0 Å². The molecule has 98 valence electrons. The highest BCUT2D eigenvalue weighted by molar-refractivity contribution is 9.10. The lowest BCUT2D eigenvalue weighted by atomic mass is 10.1. The number of aliphatic hydroxyl groups is 1. The summed E-state index contributed by atoms with van der Waals surface area (Å²) in [6.45, 7) is 3.11. The van der Waals surface area contributed by atoms with Crippen molar-refractivity contribution in [3.05, 3.63) is 28.2 Å². The van der Waals surface area contributed by atoms with E-state index >= 15 is 0 Å². The molecule has 18 heavy (non-hydrogen) atoms. The molecule has 1 saturated heterocycles. The smallest absolute Gasteiger partial charge is 0.321 e. The summed E-state index contributed by atoms with van der Waals surface area (Å²) in [7, 11) is 0. The highest BCUT2D eigenvalue weighted by atomic mass is 79.9. The maximum Gasteiger partial charge on any atom is 0.321 e. The Morgan fingerprint density at radius 2 is 2.33 bits per heavy atom. The van der Waals surface area contributed by atoms with Crippen molar-refractivity contribution in [3.63, 3.8) is 0 Å². The van der Waals surface area contributed by atoms with Crippen molar-refractivity contribution in [2.45, 2.75) is 25.9 Å². The molecular formula is C13H17BrN2O2. The number of anilines is 1. The second-order valence-electron chi connectivity index (χ2n) is 4.66. The summed E-state index contributed by atoms with van der Waals surface area (Å²) < 4.78 is 0.869. The van der Waals surface area contributed by atoms with Gasteiger partial charge < -0.3 is 15.3 Å². The van der Waals surface area contributed by atoms with Gasteiger partial charge in [-0.15, -0.1) is 0 Å². The maximum absolute atomic E-state index is 12.0. The number of β-amino-alcohol motifs (C(OH)–C–C–N with tert-alkyl or cyclic N) is 1. The van der Waals surface area contributed by atoms with E-state index in [1.807, 2.05) is 25.1 Å². The van der Waals surface area contributed by atoms with E-state index in [0.29, 0.717) is 13.1 Å². The van der Waals surface area contributed by atoms with Gasteiger partial charge in [-0.05, 0) is 53.4 Å². The third-order valence-electron chi connectivity index (χ3n) is 3.05. The van der Waals surface area contributed by atoms with Gasteiger partial charge in [-0.1, -0.05) is 6.07 Å². The van der Waals surface area contributed by atoms with Crippen molar-refractivity contribution in [1.82, 2.24) is 4.90 Å². The number of aryl methyl sites for hydroxylation is 1. The molecule has 1 aliphatic heterocycles. The number of benzene rings is 1. The standard InChI is InChI=1S/C13H17BrN2O2/c1-9-4-5-12(11(14)7-9)15-13(18)16-6-2-3-10(17)8-16/h4-5,7,10,17H,2-3,6,8H2,1H3,(H,15,18). The molecule has 0 aromatic heterocycles. The summed E-state index contributed by atoms with van der Waals surface area (Å²) in [6.07, 6.45) is 1.23. The van der Waals surface area contributed by atoms with Crippen LogP contribution in [0.1, 0.15) is 18.4 Å². The Bertz CT molecular complexity index is 451. The number of nitrogens with one attached hydrogen (secondary N) is 1. The zero-order valence-corrected chi connectivity index (χ0v) is 11.9. The van der Waals surface area contributed by atoms with Crippen LogP contribution in [0.5, 0.6) is 0 Å². The van der Waals surface area contributed by atoms with E-state index < -0.39 is 6.10 Å². The molecule has 0 saturated carbocycles. The van der Waals surface area contributed by atoms with Crippen molar-refractivity contribution < 1.29 is 9.90 Å². The number of piperidine rings is 1. The van der Waals surface area contributed by atoms with E-state index in [2.05, 4.69) is 21.2 Å². The molecule has 1 unspecified atom stereocenters. The first kappa shape index (κ1) is 13.4. The first-order valence-corrected chi connectivity index (χ1v) is 6.85. The SMILES string of the molecule is Cc1ccc(NC(=O)N2CCCC(O)C2)c(Br)c1. The highest BCUT2D eigenvalue weighted by Gasteiger charge is 2.22. The van der Waals surface area contributed by atoms with Gasteiger partial charge in [-0.3, -0.25) is 0 Å². The van der Waals surface area contributed by atoms with Crippen LogP contribution < -0.4 is 5.32 Å². The Balaban J connectivity index is 2.02. The second-order valence-corrected chi connectivity index (χ2v) is 5.51. The molecule has 5 heteroatoms. The van der Waals surface area contributed by atoms with Gasteiger partial charge in [0.2, 0.25) is 0 Å². The number of aliphatic hydroxyl groups excluding tert-OH is 1. The molecular weight excluding hydrogens is 296 g/mol. The molecule has 0 aliphatic carbocycles. The Morgan fingerprint density at radius 1 is 1.56 bits per heavy atom. The number of likely N-dealkylation sites (tertiary alicyclic amines) is 1. The molecule has 2 amide bonds. The molecule has 0 radical (unpaired) electrons. The van der Waals surface area contributed by atoms with Gasteiger partial charge in [0.15, 0.2) is 0 Å². The number of rotatable bonds is 1. The third kappa shape index (κ3) is 3.23. The minimum absolute atomic E-state index is 0.154. The van der Waals surface area contributed by atoms with Crippen LogP contribution >= 0.6 is 15.9 Å². The van der Waals surface area contributed by atoms with Crippen LogP contribution in [0.25, 0.3) is 0 Å². The van der Waals surface area contributed by atoms with Crippen molar-refractivity contribution in [1.29, 1.82) is 0 Å². The molecule has 1 atom stereocenters. The van der Waals surface area contributed by atoms with Crippen LogP contribution in [-0.4, -0.2) is 35.2 Å². The summed E-state index contributed by atoms with van der Waals surface area (Å²) >= 11 is 3.43. The van der Waals surface area contributed by atoms with Crippen LogP contribution in [0, 0.1) is 6.92 Å². The molecule has 1 fully saturated rings. The maximum atomic E-state index is 12.0. The zero-order valence-electron chi connectivity index (χ0n) is 10.3. The minimum Gasteiger partial charge on any atom is -0.391 e. The van der Waals surface area contributed by atoms with Crippen LogP contribution in [0.2, 0.25) is 0 Å². The van der Waals surface area contributed by atoms with E-state index in [0.717, 1.165) is 28.6 Å². The van der Waals surface area contributed by atoms with Gasteiger partial charge in [-0.2, -0.15) is 0 Å². The molecule has 1 aliphatic rings. The van der Waals surface area contributed by atoms with E-state index in [1.54, 1.807) is 4.90 Å². The van der Waals surface area contributed by atoms with Crippen LogP contribution in [0.3, 0.4) is 0 Å². The van der Waals surface area contributed by atoms with Crippen LogP contribution in [0.15, 0.2) is 22.7 Å². The Kier molecular flexibility index (Phi) is 4.24. The number of urea groups is 1. The van der Waals surface area contributed by atoms with Gasteiger partial charge in [0, 0.05) is 17.6 Å².